The summed E-state index contributed by atoms with van der Waals surface area (Å²) >= 11 is 3.51. The molecule has 4 heterocycles. The van der Waals surface area contributed by atoms with E-state index in [-0.39, 0.29) is 0 Å². The number of imidazole rings is 2. The van der Waals surface area contributed by atoms with Gasteiger partial charge < -0.3 is 13.7 Å². The number of nitrogens with zero attached hydrogens (tertiary/aromatic N) is 4. The van der Waals surface area contributed by atoms with Crippen LogP contribution in [0.2, 0.25) is 0 Å². The fraction of sp³-hybridized carbons (Fsp3) is 0. The molecule has 0 bridgehead atoms. The molecule has 0 saturated carbocycles. The second-order valence-electron chi connectivity index (χ2n) is 18.0. The smallest absolute Gasteiger partial charge is 0.175 e. The molecule has 2 aliphatic heterocycles. The van der Waals surface area contributed by atoms with E-state index in [1.165, 1.54) is 0 Å². The lowest BCUT2D eigenvalue weighted by Gasteiger charge is -2.29. The highest BCUT2D eigenvalue weighted by Crippen LogP contribution is 2.52. The summed E-state index contributed by atoms with van der Waals surface area (Å²) < 4.78 is 50.2. The number of fused-ring (bicyclic) bond motifs is 4. The minimum absolute atomic E-state index is 0.759. The van der Waals surface area contributed by atoms with E-state index in [0.29, 0.717) is 0 Å². The summed E-state index contributed by atoms with van der Waals surface area (Å²) in [4.78, 5) is 10.1. The number of benzene rings is 10. The van der Waals surface area contributed by atoms with Crippen molar-refractivity contribution in [2.24, 2.45) is 0 Å². The Morgan fingerprint density at radius 1 is 0.356 bits per heavy atom. The molecule has 0 aliphatic carbocycles. The quantitative estimate of drug-likeness (QED) is 0.148. The predicted molar refractivity (Wildman–Crippen MR) is 306 cm³/mol. The molecule has 0 radical (unpaired) electrons. The van der Waals surface area contributed by atoms with E-state index < -0.39 is 21.4 Å². The Balaban J connectivity index is 0.000000151. The normalized spacial score (nSPS) is 16.3. The summed E-state index contributed by atoms with van der Waals surface area (Å²) in [6.07, 6.45) is 0. The van der Waals surface area contributed by atoms with Crippen molar-refractivity contribution in [3.05, 3.63) is 259 Å². The van der Waals surface area contributed by atoms with Crippen LogP contribution in [-0.4, -0.2) is 19.1 Å². The fourth-order valence-corrected chi connectivity index (χ4v) is 19.6. The molecule has 2 unspecified atom stereocenters. The van der Waals surface area contributed by atoms with Gasteiger partial charge in [-0.05, 0) is 60.7 Å². The van der Waals surface area contributed by atoms with Crippen LogP contribution in [0.1, 0.15) is 0 Å². The molecular weight excluding hydrogens is 1020 g/mol. The van der Waals surface area contributed by atoms with Gasteiger partial charge in [0, 0.05) is 63.3 Å². The summed E-state index contributed by atoms with van der Waals surface area (Å²) in [6, 6.07) is 82.9. The third-order valence-corrected chi connectivity index (χ3v) is 23.8. The van der Waals surface area contributed by atoms with E-state index >= 15 is 4.57 Å². The van der Waals surface area contributed by atoms with Crippen molar-refractivity contribution >= 4 is 107 Å². The van der Waals surface area contributed by atoms with Crippen LogP contribution < -0.4 is 47.7 Å². The SMILES string of the molecule is O=P(c1ccccc1)(c1ccccc1)c1ccc(-c2nc3cccc4c3n2-c2ccccc2P4(=O)c2ccccc2)cc1.O=P1(c2ccccc2)c2ccccc2-n2c(-c3ccc(Br)cc3)nc3cccc1c32. The van der Waals surface area contributed by atoms with Crippen molar-refractivity contribution in [3.63, 3.8) is 0 Å². The molecular formula is C62H42BrN4O3P3. The third kappa shape index (κ3) is 7.04. The molecule has 0 fully saturated rings. The maximum absolute atomic E-state index is 15.2. The Morgan fingerprint density at radius 2 is 0.699 bits per heavy atom. The van der Waals surface area contributed by atoms with Gasteiger partial charge in [0.25, 0.3) is 0 Å². The Kier molecular flexibility index (Phi) is 11.0. The predicted octanol–water partition coefficient (Wildman–Crippen LogP) is 11.7. The second-order valence-corrected chi connectivity index (χ2v) is 27.1. The molecule has 7 nitrogen and oxygen atoms in total. The monoisotopic (exact) mass is 1060 g/mol. The highest BCUT2D eigenvalue weighted by Gasteiger charge is 2.41. The lowest BCUT2D eigenvalue weighted by atomic mass is 10.2. The van der Waals surface area contributed by atoms with Gasteiger partial charge in [0.2, 0.25) is 0 Å². The highest BCUT2D eigenvalue weighted by molar-refractivity contribution is 9.10. The van der Waals surface area contributed by atoms with Crippen LogP contribution in [-0.2, 0) is 13.7 Å². The van der Waals surface area contributed by atoms with Crippen molar-refractivity contribution in [2.45, 2.75) is 0 Å². The fourth-order valence-electron chi connectivity index (χ4n) is 10.7. The first kappa shape index (κ1) is 45.2. The summed E-state index contributed by atoms with van der Waals surface area (Å²) in [7, 11) is -9.26. The van der Waals surface area contributed by atoms with Gasteiger partial charge in [0.1, 0.15) is 11.6 Å². The third-order valence-electron chi connectivity index (χ3n) is 14.0. The Hall–Kier alpha value is -7.69. The van der Waals surface area contributed by atoms with Gasteiger partial charge in [-0.15, -0.1) is 0 Å². The van der Waals surface area contributed by atoms with Crippen LogP contribution >= 0.6 is 37.4 Å². The lowest BCUT2D eigenvalue weighted by molar-refractivity contribution is 0.591. The van der Waals surface area contributed by atoms with E-state index in [1.54, 1.807) is 0 Å². The molecule has 10 aromatic carbocycles. The summed E-state index contributed by atoms with van der Waals surface area (Å²) in [6.45, 7) is 0. The van der Waals surface area contributed by atoms with Gasteiger partial charge in [-0.2, -0.15) is 0 Å². The van der Waals surface area contributed by atoms with Gasteiger partial charge in [0.15, 0.2) is 21.4 Å². The topological polar surface area (TPSA) is 86.9 Å². The number of hydrogen-bond donors (Lipinski definition) is 0. The highest BCUT2D eigenvalue weighted by atomic mass is 79.9. The zero-order chi connectivity index (χ0) is 49.3. The average molecular weight is 1060 g/mol. The maximum Gasteiger partial charge on any atom is 0.175 e. The first-order valence-corrected chi connectivity index (χ1v) is 29.8. The zero-order valence-electron chi connectivity index (χ0n) is 39.0. The van der Waals surface area contributed by atoms with Gasteiger partial charge in [-0.25, -0.2) is 9.97 Å². The van der Waals surface area contributed by atoms with E-state index in [2.05, 4.69) is 37.2 Å². The average Bonchev–Trinajstić information content (AvgIpc) is 4.06. The van der Waals surface area contributed by atoms with Crippen LogP contribution in [0, 0.1) is 0 Å². The van der Waals surface area contributed by atoms with Crippen molar-refractivity contribution in [3.8, 4) is 34.2 Å². The van der Waals surface area contributed by atoms with Crippen LogP contribution in [0.3, 0.4) is 0 Å². The van der Waals surface area contributed by atoms with Crippen molar-refractivity contribution < 1.29 is 13.7 Å². The number of halogens is 1. The Labute approximate surface area is 430 Å². The van der Waals surface area contributed by atoms with Gasteiger partial charge in [-0.3, -0.25) is 9.13 Å². The molecule has 73 heavy (non-hydrogen) atoms. The second kappa shape index (κ2) is 17.8. The molecule has 12 aromatic rings. The largest absolute Gasteiger partial charge is 0.309 e. The van der Waals surface area contributed by atoms with Crippen molar-refractivity contribution in [2.75, 3.05) is 0 Å². The first-order valence-electron chi connectivity index (χ1n) is 23.9. The Morgan fingerprint density at radius 3 is 1.12 bits per heavy atom. The van der Waals surface area contributed by atoms with Crippen molar-refractivity contribution in [1.82, 2.24) is 19.1 Å². The Bertz CT molecular complexity index is 4200. The van der Waals surface area contributed by atoms with Crippen LogP contribution in [0.25, 0.3) is 56.2 Å². The first-order chi connectivity index (χ1) is 35.8. The molecule has 11 heteroatoms. The van der Waals surface area contributed by atoms with Gasteiger partial charge in [0.05, 0.1) is 33.4 Å². The summed E-state index contributed by atoms with van der Waals surface area (Å²) in [5.74, 6) is 1.62. The van der Waals surface area contributed by atoms with Gasteiger partial charge in [-0.1, -0.05) is 210 Å². The van der Waals surface area contributed by atoms with Gasteiger partial charge >= 0.3 is 0 Å². The number of aromatic nitrogens is 4. The summed E-state index contributed by atoms with van der Waals surface area (Å²) in [5, 5.41) is 7.31. The maximum atomic E-state index is 15.2. The molecule has 0 spiro atoms. The summed E-state index contributed by atoms with van der Waals surface area (Å²) in [5.41, 5.74) is 7.17. The number of para-hydroxylation sites is 4. The molecule has 2 aliphatic rings. The number of hydrogen-bond acceptors (Lipinski definition) is 5. The lowest BCUT2D eigenvalue weighted by Crippen LogP contribution is -2.32. The van der Waals surface area contributed by atoms with Crippen LogP contribution in [0.4, 0.5) is 0 Å². The number of rotatable bonds is 7. The molecule has 2 atom stereocenters. The molecule has 14 rings (SSSR count). The molecule has 0 N–H and O–H groups in total. The zero-order valence-corrected chi connectivity index (χ0v) is 43.3. The van der Waals surface area contributed by atoms with Crippen LogP contribution in [0.5, 0.6) is 0 Å². The van der Waals surface area contributed by atoms with E-state index in [9.17, 15) is 9.13 Å². The molecule has 350 valence electrons. The molecule has 0 saturated heterocycles. The molecule has 2 aromatic heterocycles. The minimum atomic E-state index is -3.14. The van der Waals surface area contributed by atoms with E-state index in [4.69, 9.17) is 9.97 Å². The van der Waals surface area contributed by atoms with Crippen molar-refractivity contribution in [1.29, 1.82) is 0 Å². The van der Waals surface area contributed by atoms with Crippen LogP contribution in [0.15, 0.2) is 259 Å². The standard InChI is InChI=1S/C37H26N2O2P2.C25H16BrN2OP/c40-42(28-13-4-1-5-14-28,29-15-6-2-7-16-29)31-25-23-27(24-26-31)37-38-32-19-12-22-35-36(32)39(37)33-20-10-11-21-34(33)43(35,41)30-17-8-3-9-18-30;26-18-15-13-17(14-16-18)25-27-20-9-6-12-23-24(20)28(25)21-10-4-5-11-22(21)30(23,29)19-7-2-1-3-8-19/h1-26H;1-16H. The van der Waals surface area contributed by atoms with E-state index in [0.717, 1.165) is 108 Å². The molecule has 0 amide bonds. The minimum Gasteiger partial charge on any atom is -0.309 e. The van der Waals surface area contributed by atoms with E-state index in [1.807, 2.05) is 243 Å².